The van der Waals surface area contributed by atoms with E-state index in [4.69, 9.17) is 5.73 Å². The Morgan fingerprint density at radius 1 is 1.17 bits per heavy atom. The van der Waals surface area contributed by atoms with E-state index < -0.39 is 66.5 Å². The average molecular weight is 451 g/mol. The first-order chi connectivity index (χ1) is 13.8. The number of halogens is 6. The number of hydrogen-bond donors (Lipinski definition) is 4. The van der Waals surface area contributed by atoms with E-state index in [1.807, 2.05) is 0 Å². The van der Waals surface area contributed by atoms with Crippen LogP contribution in [0.4, 0.5) is 26.3 Å². The molecule has 0 aromatic rings. The summed E-state index contributed by atoms with van der Waals surface area (Å²) in [5.74, 6) is -14.1. The van der Waals surface area contributed by atoms with Crippen LogP contribution in [-0.4, -0.2) is 70.5 Å². The average Bonchev–Trinajstić information content (AvgIpc) is 2.91. The summed E-state index contributed by atoms with van der Waals surface area (Å²) in [6, 6.07) is -1.78. The van der Waals surface area contributed by atoms with Gasteiger partial charge in [-0.2, -0.15) is 17.6 Å². The Morgan fingerprint density at radius 3 is 2.30 bits per heavy atom. The van der Waals surface area contributed by atoms with Crippen molar-refractivity contribution in [3.8, 4) is 0 Å². The van der Waals surface area contributed by atoms with Crippen LogP contribution in [0.15, 0.2) is 11.6 Å². The molecule has 0 aliphatic heterocycles. The summed E-state index contributed by atoms with van der Waals surface area (Å²) in [5.41, 5.74) is 4.97. The highest BCUT2D eigenvalue weighted by molar-refractivity contribution is 5.76. The van der Waals surface area contributed by atoms with Crippen LogP contribution in [0.5, 0.6) is 0 Å². The molecule has 12 heteroatoms. The maximum absolute atomic E-state index is 14.4. The number of aliphatic hydroxyl groups is 3. The highest BCUT2D eigenvalue weighted by Crippen LogP contribution is 2.49. The van der Waals surface area contributed by atoms with Gasteiger partial charge in [0.2, 0.25) is 0 Å². The lowest BCUT2D eigenvalue weighted by Gasteiger charge is -2.34. The van der Waals surface area contributed by atoms with Crippen molar-refractivity contribution in [3.05, 3.63) is 11.6 Å². The van der Waals surface area contributed by atoms with Crippen LogP contribution in [0.3, 0.4) is 0 Å². The van der Waals surface area contributed by atoms with Crippen molar-refractivity contribution in [2.75, 3.05) is 6.61 Å². The summed E-state index contributed by atoms with van der Waals surface area (Å²) in [6.45, 7) is 1.37. The van der Waals surface area contributed by atoms with Gasteiger partial charge in [0.1, 0.15) is 24.4 Å². The molecule has 1 aliphatic rings. The smallest absolute Gasteiger partial charge is 0.369 e. The van der Waals surface area contributed by atoms with E-state index >= 15 is 0 Å². The van der Waals surface area contributed by atoms with Crippen LogP contribution in [0.25, 0.3) is 0 Å². The van der Waals surface area contributed by atoms with E-state index in [0.29, 0.717) is 12.5 Å². The fraction of sp³-hybridized carbons (Fsp3) is 0.833. The van der Waals surface area contributed by atoms with Crippen molar-refractivity contribution >= 4 is 5.97 Å². The van der Waals surface area contributed by atoms with Gasteiger partial charge in [-0.15, -0.1) is 0 Å². The van der Waals surface area contributed by atoms with Crippen molar-refractivity contribution in [3.63, 3.8) is 0 Å². The topological polar surface area (TPSA) is 113 Å². The van der Waals surface area contributed by atoms with Gasteiger partial charge in [0, 0.05) is 0 Å². The van der Waals surface area contributed by atoms with E-state index in [0.717, 1.165) is 0 Å². The first-order valence-electron chi connectivity index (χ1n) is 9.49. The van der Waals surface area contributed by atoms with Crippen molar-refractivity contribution < 1.29 is 51.2 Å². The van der Waals surface area contributed by atoms with Crippen LogP contribution in [-0.2, 0) is 9.53 Å². The lowest BCUT2D eigenvalue weighted by Crippen LogP contribution is -2.53. The van der Waals surface area contributed by atoms with E-state index in [1.54, 1.807) is 0 Å². The molecule has 1 rings (SSSR count). The van der Waals surface area contributed by atoms with Gasteiger partial charge in [-0.3, -0.25) is 4.79 Å². The molecule has 1 aliphatic carbocycles. The second-order valence-electron chi connectivity index (χ2n) is 7.19. The van der Waals surface area contributed by atoms with Gasteiger partial charge in [0.25, 0.3) is 0 Å². The van der Waals surface area contributed by atoms with Crippen LogP contribution in [0.2, 0.25) is 0 Å². The van der Waals surface area contributed by atoms with Gasteiger partial charge in [-0.1, -0.05) is 24.5 Å². The fourth-order valence-corrected chi connectivity index (χ4v) is 3.32. The Balaban J connectivity index is 3.15. The summed E-state index contributed by atoms with van der Waals surface area (Å²) in [4.78, 5) is 11.5. The molecule has 5 N–H and O–H groups in total. The number of ether oxygens (including phenoxy) is 1. The Kier molecular flexibility index (Phi) is 9.58. The SMILES string of the molecule is CCOC(=O)C(N)C(O)C(O)C(O)C=C1CCCCCC1C(F)(F)C(F)(F)C(F)F. The maximum Gasteiger partial charge on any atom is 0.369 e. The summed E-state index contributed by atoms with van der Waals surface area (Å²) < 4.78 is 85.6. The third-order valence-electron chi connectivity index (χ3n) is 5.07. The third-order valence-corrected chi connectivity index (χ3v) is 5.07. The second-order valence-corrected chi connectivity index (χ2v) is 7.19. The minimum Gasteiger partial charge on any atom is -0.465 e. The van der Waals surface area contributed by atoms with Crippen LogP contribution >= 0.6 is 0 Å². The minimum absolute atomic E-state index is 0.0753. The Morgan fingerprint density at radius 2 is 1.77 bits per heavy atom. The highest BCUT2D eigenvalue weighted by Gasteiger charge is 2.66. The molecule has 0 aromatic heterocycles. The molecule has 6 nitrogen and oxygen atoms in total. The van der Waals surface area contributed by atoms with E-state index in [1.165, 1.54) is 6.92 Å². The number of alkyl halides is 6. The number of hydrogen-bond acceptors (Lipinski definition) is 6. The largest absolute Gasteiger partial charge is 0.465 e. The number of allylic oxidation sites excluding steroid dienone is 1. The van der Waals surface area contributed by atoms with Gasteiger partial charge < -0.3 is 25.8 Å². The molecular weight excluding hydrogens is 424 g/mol. The Bertz CT molecular complexity index is 604. The molecule has 5 atom stereocenters. The molecule has 0 saturated heterocycles. The number of carbonyl (C=O) groups excluding carboxylic acids is 1. The zero-order chi connectivity index (χ0) is 23.3. The highest BCUT2D eigenvalue weighted by atomic mass is 19.3. The molecular formula is C18H27F6NO5. The first kappa shape index (κ1) is 26.7. The third kappa shape index (κ3) is 5.86. The van der Waals surface area contributed by atoms with E-state index in [-0.39, 0.29) is 25.9 Å². The second kappa shape index (κ2) is 10.8. The molecule has 1 fully saturated rings. The molecule has 0 bridgehead atoms. The van der Waals surface area contributed by atoms with Crippen LogP contribution < -0.4 is 5.73 Å². The number of esters is 1. The molecule has 176 valence electrons. The fourth-order valence-electron chi connectivity index (χ4n) is 3.32. The Labute approximate surface area is 169 Å². The molecule has 30 heavy (non-hydrogen) atoms. The number of nitrogens with two attached hydrogens (primary N) is 1. The number of aliphatic hydroxyl groups excluding tert-OH is 3. The Hall–Kier alpha value is -1.37. The zero-order valence-corrected chi connectivity index (χ0v) is 16.3. The van der Waals surface area contributed by atoms with Crippen LogP contribution in [0.1, 0.15) is 39.0 Å². The predicted molar refractivity (Wildman–Crippen MR) is 93.2 cm³/mol. The van der Waals surface area contributed by atoms with Gasteiger partial charge in [-0.05, 0) is 26.2 Å². The summed E-state index contributed by atoms with van der Waals surface area (Å²) in [7, 11) is 0. The molecule has 0 spiro atoms. The van der Waals surface area contributed by atoms with Gasteiger partial charge in [0.05, 0.1) is 12.5 Å². The predicted octanol–water partition coefficient (Wildman–Crippen LogP) is 2.00. The summed E-state index contributed by atoms with van der Waals surface area (Å²) in [5, 5.41) is 30.1. The van der Waals surface area contributed by atoms with Gasteiger partial charge >= 0.3 is 24.2 Å². The zero-order valence-electron chi connectivity index (χ0n) is 16.3. The molecule has 0 amide bonds. The van der Waals surface area contributed by atoms with Crippen molar-refractivity contribution in [2.45, 2.75) is 81.7 Å². The lowest BCUT2D eigenvalue weighted by atomic mass is 9.83. The number of rotatable bonds is 9. The van der Waals surface area contributed by atoms with E-state index in [9.17, 15) is 46.5 Å². The number of carbonyl (C=O) groups is 1. The lowest BCUT2D eigenvalue weighted by molar-refractivity contribution is -0.280. The van der Waals surface area contributed by atoms with Gasteiger partial charge in [0.15, 0.2) is 0 Å². The molecule has 1 saturated carbocycles. The minimum atomic E-state index is -5.60. The quantitative estimate of drug-likeness (QED) is 0.185. The van der Waals surface area contributed by atoms with Crippen molar-refractivity contribution in [1.29, 1.82) is 0 Å². The molecule has 5 unspecified atom stereocenters. The molecule has 0 heterocycles. The van der Waals surface area contributed by atoms with Crippen LogP contribution in [0, 0.1) is 5.92 Å². The van der Waals surface area contributed by atoms with Crippen molar-refractivity contribution in [1.82, 2.24) is 0 Å². The van der Waals surface area contributed by atoms with Gasteiger partial charge in [-0.25, -0.2) is 8.78 Å². The molecule has 0 radical (unpaired) electrons. The van der Waals surface area contributed by atoms with E-state index in [2.05, 4.69) is 4.74 Å². The van der Waals surface area contributed by atoms with Crippen molar-refractivity contribution in [2.24, 2.45) is 11.7 Å². The monoisotopic (exact) mass is 451 g/mol. The summed E-state index contributed by atoms with van der Waals surface area (Å²) >= 11 is 0. The normalized spacial score (nSPS) is 24.3. The maximum atomic E-state index is 14.4. The first-order valence-corrected chi connectivity index (χ1v) is 9.49. The molecule has 0 aromatic carbocycles. The summed E-state index contributed by atoms with van der Waals surface area (Å²) in [6.07, 6.45) is -10.3. The standard InChI is InChI=1S/C18H27F6NO5/c1-2-30-15(29)12(25)14(28)13(27)11(26)8-9-6-4-3-5-7-10(9)17(21,22)18(23,24)16(19)20/h8,10-14,16,26-28H,2-7,25H2,1H3.